The molecular weight excluding hydrogens is 326 g/mol. The predicted molar refractivity (Wildman–Crippen MR) is 91.2 cm³/mol. The zero-order valence-corrected chi connectivity index (χ0v) is 14.5. The molecule has 1 fully saturated rings. The van der Waals surface area contributed by atoms with E-state index in [-0.39, 0.29) is 5.91 Å². The molecule has 0 heterocycles. The van der Waals surface area contributed by atoms with Crippen LogP contribution in [0.15, 0.2) is 42.1 Å². The summed E-state index contributed by atoms with van der Waals surface area (Å²) >= 11 is 3.50. The number of carbonyl (C=O) groups excluding carboxylic acids is 1. The van der Waals surface area contributed by atoms with Gasteiger partial charge in [-0.15, -0.1) is 0 Å². The minimum Gasteiger partial charge on any atom is -0.314 e. The van der Waals surface area contributed by atoms with Crippen molar-refractivity contribution in [2.45, 2.75) is 56.8 Å². The third kappa shape index (κ3) is 4.99. The number of amides is 1. The van der Waals surface area contributed by atoms with E-state index in [1.165, 1.54) is 24.8 Å². The van der Waals surface area contributed by atoms with Crippen LogP contribution in [0.2, 0.25) is 0 Å². The minimum atomic E-state index is -0.534. The van der Waals surface area contributed by atoms with Crippen LogP contribution in [0.5, 0.6) is 0 Å². The second kappa shape index (κ2) is 7.26. The lowest BCUT2D eigenvalue weighted by Gasteiger charge is -2.27. The van der Waals surface area contributed by atoms with Gasteiger partial charge in [0.15, 0.2) is 0 Å². The first-order chi connectivity index (χ1) is 9.97. The second-order valence-electron chi connectivity index (χ2n) is 6.24. The molecule has 0 aromatic heterocycles. The van der Waals surface area contributed by atoms with Crippen molar-refractivity contribution in [3.05, 3.63) is 47.7 Å². The maximum Gasteiger partial charge on any atom is 0.243 e. The van der Waals surface area contributed by atoms with Crippen molar-refractivity contribution in [2.75, 3.05) is 0 Å². The van der Waals surface area contributed by atoms with Gasteiger partial charge in [-0.2, -0.15) is 0 Å². The van der Waals surface area contributed by atoms with Gasteiger partial charge >= 0.3 is 0 Å². The highest BCUT2D eigenvalue weighted by Crippen LogP contribution is 2.26. The van der Waals surface area contributed by atoms with Gasteiger partial charge in [-0.05, 0) is 45.1 Å². The summed E-state index contributed by atoms with van der Waals surface area (Å²) in [5.41, 5.74) is 2.57. The van der Waals surface area contributed by atoms with Crippen LogP contribution in [-0.2, 0) is 11.3 Å². The molecule has 1 saturated carbocycles. The Morgan fingerprint density at radius 2 is 1.81 bits per heavy atom. The van der Waals surface area contributed by atoms with Crippen molar-refractivity contribution in [3.8, 4) is 0 Å². The average Bonchev–Trinajstić information content (AvgIpc) is 2.47. The van der Waals surface area contributed by atoms with Crippen LogP contribution in [0, 0.1) is 0 Å². The van der Waals surface area contributed by atoms with Crippen LogP contribution in [0.1, 0.15) is 51.5 Å². The molecule has 0 N–H and O–H groups in total. The number of carbonyl (C=O) groups is 1. The molecule has 0 unspecified atom stereocenters. The molecule has 0 bridgehead atoms. The number of rotatable bonds is 4. The molecule has 1 aromatic carbocycles. The molecule has 21 heavy (non-hydrogen) atoms. The van der Waals surface area contributed by atoms with Gasteiger partial charge in [-0.1, -0.05) is 58.3 Å². The van der Waals surface area contributed by atoms with E-state index in [0.717, 1.165) is 18.4 Å². The normalized spacial score (nSPS) is 15.7. The Morgan fingerprint density at radius 3 is 2.38 bits per heavy atom. The van der Waals surface area contributed by atoms with Gasteiger partial charge in [-0.25, -0.2) is 0 Å². The summed E-state index contributed by atoms with van der Waals surface area (Å²) in [5.74, 6) is 0.115. The third-order valence-electron chi connectivity index (χ3n) is 3.80. The van der Waals surface area contributed by atoms with E-state index < -0.39 is 4.32 Å². The van der Waals surface area contributed by atoms with Crippen molar-refractivity contribution in [1.82, 2.24) is 4.90 Å². The van der Waals surface area contributed by atoms with E-state index >= 15 is 0 Å². The topological polar surface area (TPSA) is 20.3 Å². The van der Waals surface area contributed by atoms with Crippen molar-refractivity contribution in [3.63, 3.8) is 0 Å². The fraction of sp³-hybridized carbons (Fsp3) is 0.500. The summed E-state index contributed by atoms with van der Waals surface area (Å²) in [6, 6.07) is 10.2. The lowest BCUT2D eigenvalue weighted by Crippen LogP contribution is -2.38. The van der Waals surface area contributed by atoms with Gasteiger partial charge in [0.25, 0.3) is 0 Å². The minimum absolute atomic E-state index is 0.115. The second-order valence-corrected chi connectivity index (χ2v) is 8.22. The molecule has 0 spiro atoms. The Morgan fingerprint density at radius 1 is 1.19 bits per heavy atom. The predicted octanol–water partition coefficient (Wildman–Crippen LogP) is 5.04. The number of hydrogen-bond donors (Lipinski definition) is 0. The number of benzene rings is 1. The van der Waals surface area contributed by atoms with E-state index in [1.54, 1.807) is 0 Å². The molecule has 1 aromatic rings. The molecule has 0 atom stereocenters. The Balaban J connectivity index is 2.19. The maximum atomic E-state index is 12.7. The van der Waals surface area contributed by atoms with Crippen molar-refractivity contribution < 1.29 is 4.79 Å². The van der Waals surface area contributed by atoms with Crippen LogP contribution in [0.3, 0.4) is 0 Å². The molecule has 3 heteroatoms. The number of hydrogen-bond acceptors (Lipinski definition) is 1. The number of allylic oxidation sites excluding steroid dienone is 1. The molecule has 1 amide bonds. The monoisotopic (exact) mass is 349 g/mol. The highest BCUT2D eigenvalue weighted by Gasteiger charge is 2.28. The summed E-state index contributed by atoms with van der Waals surface area (Å²) < 4.78 is -0.534. The largest absolute Gasteiger partial charge is 0.314 e. The SMILES string of the molecule is CC(C)(Br)C(=O)N(C=C1CCCCC1)Cc1ccccc1. The van der Waals surface area contributed by atoms with Crippen LogP contribution >= 0.6 is 15.9 Å². The smallest absolute Gasteiger partial charge is 0.243 e. The Kier molecular flexibility index (Phi) is 5.63. The molecule has 0 aliphatic heterocycles. The standard InChI is InChI=1S/C18H24BrNO/c1-18(2,19)17(21)20(13-15-9-5-3-6-10-15)14-16-11-7-4-8-12-16/h3,5-6,9-10,14H,4,7-8,11-13H2,1-2H3. The van der Waals surface area contributed by atoms with Crippen LogP contribution in [-0.4, -0.2) is 15.1 Å². The molecule has 2 rings (SSSR count). The average molecular weight is 350 g/mol. The van der Waals surface area contributed by atoms with Gasteiger partial charge in [0.2, 0.25) is 5.91 Å². The zero-order valence-electron chi connectivity index (χ0n) is 12.9. The maximum absolute atomic E-state index is 12.7. The number of halogens is 1. The van der Waals surface area contributed by atoms with E-state index in [0.29, 0.717) is 6.54 Å². The molecule has 0 radical (unpaired) electrons. The van der Waals surface area contributed by atoms with E-state index in [1.807, 2.05) is 36.9 Å². The number of nitrogens with zero attached hydrogens (tertiary/aromatic N) is 1. The summed E-state index contributed by atoms with van der Waals surface area (Å²) in [4.78, 5) is 14.6. The zero-order chi connectivity index (χ0) is 15.3. The van der Waals surface area contributed by atoms with Gasteiger partial charge < -0.3 is 4.90 Å². The molecule has 0 saturated heterocycles. The Bertz CT molecular complexity index is 494. The highest BCUT2D eigenvalue weighted by atomic mass is 79.9. The summed E-state index contributed by atoms with van der Waals surface area (Å²) in [7, 11) is 0. The highest BCUT2D eigenvalue weighted by molar-refractivity contribution is 9.10. The third-order valence-corrected chi connectivity index (χ3v) is 4.14. The van der Waals surface area contributed by atoms with E-state index in [4.69, 9.17) is 0 Å². The van der Waals surface area contributed by atoms with Crippen LogP contribution in [0.25, 0.3) is 0 Å². The summed E-state index contributed by atoms with van der Waals surface area (Å²) in [5, 5.41) is 0. The first-order valence-electron chi connectivity index (χ1n) is 7.70. The molecule has 1 aliphatic carbocycles. The lowest BCUT2D eigenvalue weighted by atomic mass is 9.95. The molecule has 2 nitrogen and oxygen atoms in total. The first-order valence-corrected chi connectivity index (χ1v) is 8.49. The van der Waals surface area contributed by atoms with Gasteiger partial charge in [0.1, 0.15) is 0 Å². The quantitative estimate of drug-likeness (QED) is 0.697. The molecule has 114 valence electrons. The number of alkyl halides is 1. The summed E-state index contributed by atoms with van der Waals surface area (Å²) in [6.45, 7) is 4.46. The molecular formula is C18H24BrNO. The molecule has 1 aliphatic rings. The Labute approximate surface area is 136 Å². The fourth-order valence-corrected chi connectivity index (χ4v) is 2.88. The van der Waals surface area contributed by atoms with Gasteiger partial charge in [0.05, 0.1) is 10.9 Å². The van der Waals surface area contributed by atoms with Crippen molar-refractivity contribution in [1.29, 1.82) is 0 Å². The first kappa shape index (κ1) is 16.3. The van der Waals surface area contributed by atoms with Crippen LogP contribution < -0.4 is 0 Å². The van der Waals surface area contributed by atoms with Crippen LogP contribution in [0.4, 0.5) is 0 Å². The van der Waals surface area contributed by atoms with Gasteiger partial charge in [-0.3, -0.25) is 4.79 Å². The Hall–Kier alpha value is -1.09. The fourth-order valence-electron chi connectivity index (χ4n) is 2.65. The lowest BCUT2D eigenvalue weighted by molar-refractivity contribution is -0.130. The summed E-state index contributed by atoms with van der Waals surface area (Å²) in [6.07, 6.45) is 8.15. The van der Waals surface area contributed by atoms with Crippen molar-refractivity contribution >= 4 is 21.8 Å². The van der Waals surface area contributed by atoms with E-state index in [9.17, 15) is 4.79 Å². The van der Waals surface area contributed by atoms with Gasteiger partial charge in [0, 0.05) is 6.20 Å². The van der Waals surface area contributed by atoms with Crippen molar-refractivity contribution in [2.24, 2.45) is 0 Å². The van der Waals surface area contributed by atoms with E-state index in [2.05, 4.69) is 34.3 Å².